The molecule has 1 heterocycles. The van der Waals surface area contributed by atoms with Crippen LogP contribution in [0.5, 0.6) is 0 Å². The number of anilines is 1. The molecule has 0 atom stereocenters. The maximum atomic E-state index is 11.0. The molecule has 0 saturated heterocycles. The van der Waals surface area contributed by atoms with E-state index < -0.39 is 0 Å². The molecule has 0 saturated carbocycles. The summed E-state index contributed by atoms with van der Waals surface area (Å²) in [6.07, 6.45) is 0. The molecule has 90 valence electrons. The van der Waals surface area contributed by atoms with Crippen LogP contribution < -0.4 is 10.6 Å². The molecule has 2 rings (SSSR count). The number of para-hydroxylation sites is 1. The average molecular weight is 234 g/mol. The van der Waals surface area contributed by atoms with Crippen LogP contribution in [-0.2, 0) is 0 Å². The zero-order valence-electron chi connectivity index (χ0n) is 9.56. The Labute approximate surface area is 98.9 Å². The Balaban J connectivity index is 2.14. The highest BCUT2D eigenvalue weighted by Crippen LogP contribution is 2.27. The van der Waals surface area contributed by atoms with Gasteiger partial charge in [-0.25, -0.2) is 0 Å². The number of nitrogens with one attached hydrogen (secondary N) is 2. The quantitative estimate of drug-likeness (QED) is 0.608. The standard InChI is InChI=1S/C11H14N4O2/c1-8-3-2-4-9(11(8)15(16)17)14-7-10-12-5-6-13-10/h2-4,14H,5-7H2,1H3,(H,12,13). The molecule has 1 aliphatic heterocycles. The Kier molecular flexibility index (Phi) is 3.22. The maximum Gasteiger partial charge on any atom is 0.295 e. The van der Waals surface area contributed by atoms with E-state index in [2.05, 4.69) is 15.6 Å². The maximum absolute atomic E-state index is 11.0. The van der Waals surface area contributed by atoms with Crippen molar-refractivity contribution in [3.05, 3.63) is 33.9 Å². The number of hydrogen-bond donors (Lipinski definition) is 2. The molecule has 0 aliphatic carbocycles. The van der Waals surface area contributed by atoms with E-state index in [0.717, 1.165) is 18.9 Å². The van der Waals surface area contributed by atoms with E-state index in [-0.39, 0.29) is 10.6 Å². The summed E-state index contributed by atoms with van der Waals surface area (Å²) in [5, 5.41) is 17.1. The summed E-state index contributed by atoms with van der Waals surface area (Å²) in [7, 11) is 0. The first-order chi connectivity index (χ1) is 8.18. The van der Waals surface area contributed by atoms with Crippen LogP contribution in [0.4, 0.5) is 11.4 Å². The van der Waals surface area contributed by atoms with E-state index in [9.17, 15) is 10.1 Å². The molecule has 1 aliphatic rings. The molecule has 0 fully saturated rings. The van der Waals surface area contributed by atoms with Gasteiger partial charge in [-0.2, -0.15) is 0 Å². The average Bonchev–Trinajstić information content (AvgIpc) is 2.78. The number of nitro benzene ring substituents is 1. The van der Waals surface area contributed by atoms with E-state index in [1.807, 2.05) is 0 Å². The van der Waals surface area contributed by atoms with E-state index in [1.54, 1.807) is 25.1 Å². The summed E-state index contributed by atoms with van der Waals surface area (Å²) in [6, 6.07) is 5.24. The summed E-state index contributed by atoms with van der Waals surface area (Å²) < 4.78 is 0. The van der Waals surface area contributed by atoms with Crippen molar-refractivity contribution in [1.29, 1.82) is 0 Å². The number of benzene rings is 1. The van der Waals surface area contributed by atoms with Crippen molar-refractivity contribution >= 4 is 17.2 Å². The lowest BCUT2D eigenvalue weighted by Crippen LogP contribution is -2.26. The highest BCUT2D eigenvalue weighted by atomic mass is 16.6. The van der Waals surface area contributed by atoms with Crippen LogP contribution in [0.3, 0.4) is 0 Å². The van der Waals surface area contributed by atoms with Gasteiger partial charge in [0.15, 0.2) is 0 Å². The number of aryl methyl sites for hydroxylation is 1. The van der Waals surface area contributed by atoms with Crippen molar-refractivity contribution < 1.29 is 4.92 Å². The van der Waals surface area contributed by atoms with Crippen LogP contribution >= 0.6 is 0 Å². The number of aliphatic imine (C=N–C) groups is 1. The van der Waals surface area contributed by atoms with Crippen molar-refractivity contribution in [1.82, 2.24) is 5.32 Å². The Morgan fingerprint density at radius 3 is 3.06 bits per heavy atom. The largest absolute Gasteiger partial charge is 0.372 e. The molecule has 1 aromatic carbocycles. The van der Waals surface area contributed by atoms with Crippen molar-refractivity contribution in [3.8, 4) is 0 Å². The van der Waals surface area contributed by atoms with Gasteiger partial charge in [-0.15, -0.1) is 0 Å². The molecule has 0 spiro atoms. The van der Waals surface area contributed by atoms with Gasteiger partial charge in [-0.1, -0.05) is 12.1 Å². The number of nitrogens with zero attached hydrogens (tertiary/aromatic N) is 2. The third kappa shape index (κ3) is 2.52. The van der Waals surface area contributed by atoms with E-state index in [4.69, 9.17) is 0 Å². The molecule has 0 amide bonds. The predicted octanol–water partition coefficient (Wildman–Crippen LogP) is 1.32. The van der Waals surface area contributed by atoms with Crippen LogP contribution in [0.25, 0.3) is 0 Å². The lowest BCUT2D eigenvalue weighted by Gasteiger charge is -2.08. The number of rotatable bonds is 4. The van der Waals surface area contributed by atoms with Crippen molar-refractivity contribution in [2.75, 3.05) is 25.0 Å². The molecule has 0 bridgehead atoms. The van der Waals surface area contributed by atoms with Crippen LogP contribution in [0.2, 0.25) is 0 Å². The van der Waals surface area contributed by atoms with Crippen molar-refractivity contribution in [2.24, 2.45) is 4.99 Å². The van der Waals surface area contributed by atoms with Gasteiger partial charge in [-0.3, -0.25) is 15.1 Å². The molecule has 2 N–H and O–H groups in total. The van der Waals surface area contributed by atoms with Gasteiger partial charge in [0.25, 0.3) is 5.69 Å². The van der Waals surface area contributed by atoms with E-state index in [1.165, 1.54) is 0 Å². The minimum Gasteiger partial charge on any atom is -0.372 e. The van der Waals surface area contributed by atoms with Gasteiger partial charge >= 0.3 is 0 Å². The van der Waals surface area contributed by atoms with Crippen LogP contribution in [0.15, 0.2) is 23.2 Å². The molecule has 0 unspecified atom stereocenters. The molecule has 6 nitrogen and oxygen atoms in total. The number of nitro groups is 1. The molecule has 1 aromatic rings. The third-order valence-corrected chi connectivity index (χ3v) is 2.61. The normalized spacial score (nSPS) is 14.1. The third-order valence-electron chi connectivity index (χ3n) is 2.61. The smallest absolute Gasteiger partial charge is 0.295 e. The fourth-order valence-corrected chi connectivity index (χ4v) is 1.79. The topological polar surface area (TPSA) is 79.6 Å². The minimum atomic E-state index is -0.360. The zero-order valence-corrected chi connectivity index (χ0v) is 9.56. The Bertz CT molecular complexity index is 471. The molecule has 17 heavy (non-hydrogen) atoms. The zero-order chi connectivity index (χ0) is 12.3. The molecule has 0 radical (unpaired) electrons. The van der Waals surface area contributed by atoms with Crippen molar-refractivity contribution in [2.45, 2.75) is 6.92 Å². The summed E-state index contributed by atoms with van der Waals surface area (Å²) in [6.45, 7) is 3.83. The van der Waals surface area contributed by atoms with Crippen LogP contribution in [0.1, 0.15) is 5.56 Å². The Hall–Kier alpha value is -2.11. The van der Waals surface area contributed by atoms with Gasteiger partial charge < -0.3 is 10.6 Å². The highest BCUT2D eigenvalue weighted by Gasteiger charge is 2.17. The molecule has 0 aromatic heterocycles. The lowest BCUT2D eigenvalue weighted by atomic mass is 10.1. The van der Waals surface area contributed by atoms with E-state index in [0.29, 0.717) is 17.8 Å². The first-order valence-corrected chi connectivity index (χ1v) is 5.43. The lowest BCUT2D eigenvalue weighted by molar-refractivity contribution is -0.384. The van der Waals surface area contributed by atoms with Crippen LogP contribution in [0, 0.1) is 17.0 Å². The monoisotopic (exact) mass is 234 g/mol. The first-order valence-electron chi connectivity index (χ1n) is 5.43. The van der Waals surface area contributed by atoms with Gasteiger partial charge in [0, 0.05) is 12.1 Å². The first kappa shape index (κ1) is 11.4. The SMILES string of the molecule is Cc1cccc(NCC2=NCCN2)c1[N+](=O)[O-]. The minimum absolute atomic E-state index is 0.131. The molecular formula is C11H14N4O2. The Morgan fingerprint density at radius 1 is 1.59 bits per heavy atom. The predicted molar refractivity (Wildman–Crippen MR) is 66.6 cm³/mol. The molecule has 6 heteroatoms. The second-order valence-electron chi connectivity index (χ2n) is 3.84. The summed E-state index contributed by atoms with van der Waals surface area (Å²) in [5.74, 6) is 0.848. The fraction of sp³-hybridized carbons (Fsp3) is 0.364. The Morgan fingerprint density at radius 2 is 2.41 bits per heavy atom. The highest BCUT2D eigenvalue weighted by molar-refractivity contribution is 5.88. The summed E-state index contributed by atoms with van der Waals surface area (Å²) in [5.41, 5.74) is 1.32. The number of amidine groups is 1. The van der Waals surface area contributed by atoms with Crippen molar-refractivity contribution in [3.63, 3.8) is 0 Å². The van der Waals surface area contributed by atoms with Gasteiger partial charge in [0.2, 0.25) is 0 Å². The second kappa shape index (κ2) is 4.82. The molecular weight excluding hydrogens is 220 g/mol. The summed E-state index contributed by atoms with van der Waals surface area (Å²) in [4.78, 5) is 14.8. The second-order valence-corrected chi connectivity index (χ2v) is 3.84. The summed E-state index contributed by atoms with van der Waals surface area (Å²) >= 11 is 0. The van der Waals surface area contributed by atoms with Gasteiger partial charge in [0.05, 0.1) is 18.0 Å². The fourth-order valence-electron chi connectivity index (χ4n) is 1.79. The van der Waals surface area contributed by atoms with Gasteiger partial charge in [-0.05, 0) is 13.0 Å². The van der Waals surface area contributed by atoms with Crippen LogP contribution in [-0.4, -0.2) is 30.4 Å². The number of hydrogen-bond acceptors (Lipinski definition) is 5. The van der Waals surface area contributed by atoms with Gasteiger partial charge in [0.1, 0.15) is 11.5 Å². The van der Waals surface area contributed by atoms with E-state index >= 15 is 0 Å².